The van der Waals surface area contributed by atoms with Crippen molar-refractivity contribution in [3.05, 3.63) is 90.5 Å². The Morgan fingerprint density at radius 3 is 2.63 bits per heavy atom. The van der Waals surface area contributed by atoms with Crippen molar-refractivity contribution >= 4 is 16.7 Å². The molecule has 0 aliphatic heterocycles. The van der Waals surface area contributed by atoms with Crippen LogP contribution < -0.4 is 10.1 Å². The van der Waals surface area contributed by atoms with E-state index in [1.807, 2.05) is 91.3 Å². The van der Waals surface area contributed by atoms with E-state index in [0.29, 0.717) is 13.0 Å². The predicted molar refractivity (Wildman–Crippen MR) is 119 cm³/mol. The maximum Gasteiger partial charge on any atom is 0.261 e. The summed E-state index contributed by atoms with van der Waals surface area (Å²) in [7, 11) is 0. The highest BCUT2D eigenvalue weighted by atomic mass is 16.5. The molecule has 152 valence electrons. The molecule has 0 radical (unpaired) electrons. The molecule has 0 aliphatic carbocycles. The van der Waals surface area contributed by atoms with Crippen molar-refractivity contribution in [2.24, 2.45) is 0 Å². The van der Waals surface area contributed by atoms with Crippen LogP contribution in [0.3, 0.4) is 0 Å². The summed E-state index contributed by atoms with van der Waals surface area (Å²) in [5.74, 6) is 1.51. The number of aromatic nitrogens is 2. The normalized spacial score (nSPS) is 11.9. The van der Waals surface area contributed by atoms with E-state index in [-0.39, 0.29) is 5.91 Å². The minimum absolute atomic E-state index is 0.123. The van der Waals surface area contributed by atoms with Gasteiger partial charge in [0.25, 0.3) is 5.91 Å². The summed E-state index contributed by atoms with van der Waals surface area (Å²) < 4.78 is 8.14. The molecule has 4 aromatic rings. The van der Waals surface area contributed by atoms with Crippen LogP contribution in [0.25, 0.3) is 16.5 Å². The van der Waals surface area contributed by atoms with E-state index in [2.05, 4.69) is 10.3 Å². The molecule has 5 nitrogen and oxygen atoms in total. The van der Waals surface area contributed by atoms with Gasteiger partial charge in [-0.25, -0.2) is 4.98 Å². The molecule has 0 unspecified atom stereocenters. The first-order chi connectivity index (χ1) is 14.7. The average molecular weight is 399 g/mol. The second-order valence-corrected chi connectivity index (χ2v) is 7.18. The quantitative estimate of drug-likeness (QED) is 0.485. The minimum Gasteiger partial charge on any atom is -0.480 e. The third kappa shape index (κ3) is 4.06. The van der Waals surface area contributed by atoms with Gasteiger partial charge in [-0.2, -0.15) is 0 Å². The van der Waals surface area contributed by atoms with Gasteiger partial charge in [0.2, 0.25) is 0 Å². The summed E-state index contributed by atoms with van der Waals surface area (Å²) in [6.45, 7) is 4.33. The largest absolute Gasteiger partial charge is 0.480 e. The summed E-state index contributed by atoms with van der Waals surface area (Å²) in [4.78, 5) is 17.2. The lowest BCUT2D eigenvalue weighted by Crippen LogP contribution is -2.37. The van der Waals surface area contributed by atoms with Gasteiger partial charge in [0.15, 0.2) is 6.10 Å². The first kappa shape index (κ1) is 19.7. The zero-order valence-corrected chi connectivity index (χ0v) is 17.2. The van der Waals surface area contributed by atoms with Crippen LogP contribution >= 0.6 is 0 Å². The lowest BCUT2D eigenvalue weighted by molar-refractivity contribution is -0.128. The number of rotatable bonds is 7. The first-order valence-corrected chi connectivity index (χ1v) is 10.2. The monoisotopic (exact) mass is 399 g/mol. The molecule has 3 aromatic carbocycles. The molecule has 1 amide bonds. The van der Waals surface area contributed by atoms with Crippen LogP contribution in [-0.2, 0) is 11.3 Å². The van der Waals surface area contributed by atoms with Gasteiger partial charge < -0.3 is 14.6 Å². The molecule has 30 heavy (non-hydrogen) atoms. The number of hydrogen-bond donors (Lipinski definition) is 1. The molecule has 0 bridgehead atoms. The number of hydrogen-bond acceptors (Lipinski definition) is 3. The molecule has 0 spiro atoms. The Hall–Kier alpha value is -3.60. The lowest BCUT2D eigenvalue weighted by Gasteiger charge is -2.19. The summed E-state index contributed by atoms with van der Waals surface area (Å²) in [6.07, 6.45) is 3.72. The van der Waals surface area contributed by atoms with E-state index in [9.17, 15) is 4.79 Å². The minimum atomic E-state index is -0.557. The van der Waals surface area contributed by atoms with Crippen LogP contribution in [0.1, 0.15) is 24.7 Å². The molecule has 5 heteroatoms. The van der Waals surface area contributed by atoms with Gasteiger partial charge in [-0.15, -0.1) is 0 Å². The number of carbonyl (C=O) groups is 1. The highest BCUT2D eigenvalue weighted by molar-refractivity contribution is 5.89. The fourth-order valence-electron chi connectivity index (χ4n) is 3.60. The van der Waals surface area contributed by atoms with Crippen molar-refractivity contribution < 1.29 is 9.53 Å². The molecule has 0 aliphatic rings. The summed E-state index contributed by atoms with van der Waals surface area (Å²) in [6, 6.07) is 21.9. The standard InChI is InChI=1S/C25H25N3O2/c1-3-23(30-24-14-8-11-19-9-4-6-12-21(19)24)25(29)27-17-20-10-5-7-13-22(20)28-16-15-26-18(28)2/h4-16,23H,3,17H2,1-2H3,(H,27,29)/t23-/m0/s1. The zero-order valence-electron chi connectivity index (χ0n) is 17.2. The van der Waals surface area contributed by atoms with Crippen LogP contribution in [0.4, 0.5) is 0 Å². The van der Waals surface area contributed by atoms with Crippen molar-refractivity contribution in [1.82, 2.24) is 14.9 Å². The number of aryl methyl sites for hydroxylation is 1. The fraction of sp³-hybridized carbons (Fsp3) is 0.200. The second-order valence-electron chi connectivity index (χ2n) is 7.18. The lowest BCUT2D eigenvalue weighted by atomic mass is 10.1. The van der Waals surface area contributed by atoms with E-state index in [0.717, 1.165) is 33.6 Å². The SMILES string of the molecule is CC[C@H](Oc1cccc2ccccc12)C(=O)NCc1ccccc1-n1ccnc1C. The number of fused-ring (bicyclic) bond motifs is 1. The number of carbonyl (C=O) groups excluding carboxylic acids is 1. The maximum atomic E-state index is 12.9. The number of ether oxygens (including phenoxy) is 1. The number of amides is 1. The predicted octanol–water partition coefficient (Wildman–Crippen LogP) is 4.81. The second kappa shape index (κ2) is 8.82. The topological polar surface area (TPSA) is 56.1 Å². The van der Waals surface area contributed by atoms with Crippen molar-refractivity contribution in [2.75, 3.05) is 0 Å². The molecule has 1 N–H and O–H groups in total. The van der Waals surface area contributed by atoms with Crippen molar-refractivity contribution in [3.8, 4) is 11.4 Å². The Bertz CT molecular complexity index is 1160. The van der Waals surface area contributed by atoms with E-state index < -0.39 is 6.10 Å². The summed E-state index contributed by atoms with van der Waals surface area (Å²) in [5.41, 5.74) is 2.03. The third-order valence-electron chi connectivity index (χ3n) is 5.21. The maximum absolute atomic E-state index is 12.9. The van der Waals surface area contributed by atoms with Gasteiger partial charge in [0.1, 0.15) is 11.6 Å². The van der Waals surface area contributed by atoms with E-state index >= 15 is 0 Å². The van der Waals surface area contributed by atoms with Crippen LogP contribution in [0.2, 0.25) is 0 Å². The van der Waals surface area contributed by atoms with Gasteiger partial charge in [0, 0.05) is 24.3 Å². The Morgan fingerprint density at radius 2 is 1.83 bits per heavy atom. The Kier molecular flexibility index (Phi) is 5.80. The highest BCUT2D eigenvalue weighted by Crippen LogP contribution is 2.26. The Balaban J connectivity index is 1.49. The van der Waals surface area contributed by atoms with Crippen molar-refractivity contribution in [2.45, 2.75) is 32.9 Å². The number of nitrogens with zero attached hydrogens (tertiary/aromatic N) is 2. The summed E-state index contributed by atoms with van der Waals surface area (Å²) >= 11 is 0. The highest BCUT2D eigenvalue weighted by Gasteiger charge is 2.19. The van der Waals surface area contributed by atoms with Crippen molar-refractivity contribution in [3.63, 3.8) is 0 Å². The van der Waals surface area contributed by atoms with Gasteiger partial charge >= 0.3 is 0 Å². The fourth-order valence-corrected chi connectivity index (χ4v) is 3.60. The number of benzene rings is 3. The smallest absolute Gasteiger partial charge is 0.261 e. The van der Waals surface area contributed by atoms with Crippen LogP contribution in [0.5, 0.6) is 5.75 Å². The molecule has 0 fully saturated rings. The molecular formula is C25H25N3O2. The van der Waals surface area contributed by atoms with Gasteiger partial charge in [-0.1, -0.05) is 61.5 Å². The van der Waals surface area contributed by atoms with Crippen LogP contribution in [-0.4, -0.2) is 21.6 Å². The van der Waals surface area contributed by atoms with Crippen LogP contribution in [0.15, 0.2) is 79.1 Å². The number of nitrogens with one attached hydrogen (secondary N) is 1. The molecular weight excluding hydrogens is 374 g/mol. The molecule has 1 aromatic heterocycles. The molecule has 1 heterocycles. The molecule has 1 atom stereocenters. The molecule has 0 saturated carbocycles. The van der Waals surface area contributed by atoms with E-state index in [1.165, 1.54) is 0 Å². The summed E-state index contributed by atoms with van der Waals surface area (Å²) in [5, 5.41) is 5.14. The first-order valence-electron chi connectivity index (χ1n) is 10.2. The van der Waals surface area contributed by atoms with Gasteiger partial charge in [0.05, 0.1) is 5.69 Å². The number of para-hydroxylation sites is 1. The Labute approximate surface area is 176 Å². The zero-order chi connectivity index (χ0) is 20.9. The van der Waals surface area contributed by atoms with Gasteiger partial charge in [-0.3, -0.25) is 4.79 Å². The third-order valence-corrected chi connectivity index (χ3v) is 5.21. The van der Waals surface area contributed by atoms with Crippen molar-refractivity contribution in [1.29, 1.82) is 0 Å². The van der Waals surface area contributed by atoms with Crippen LogP contribution in [0, 0.1) is 6.92 Å². The number of imidazole rings is 1. The molecule has 4 rings (SSSR count). The Morgan fingerprint density at radius 1 is 1.07 bits per heavy atom. The average Bonchev–Trinajstić information content (AvgIpc) is 3.21. The van der Waals surface area contributed by atoms with E-state index in [4.69, 9.17) is 4.74 Å². The van der Waals surface area contributed by atoms with E-state index in [1.54, 1.807) is 6.20 Å². The molecule has 0 saturated heterocycles. The van der Waals surface area contributed by atoms with Gasteiger partial charge in [-0.05, 0) is 36.4 Å².